The van der Waals surface area contributed by atoms with Gasteiger partial charge in [0.1, 0.15) is 11.8 Å². The van der Waals surface area contributed by atoms with E-state index in [1.165, 1.54) is 17.5 Å². The summed E-state index contributed by atoms with van der Waals surface area (Å²) in [7, 11) is -2.32. The molecule has 1 aliphatic heterocycles. The zero-order chi connectivity index (χ0) is 20.5. The lowest BCUT2D eigenvalue weighted by atomic mass is 10.1. The van der Waals surface area contributed by atoms with Gasteiger partial charge in [0, 0.05) is 18.3 Å². The number of methoxy groups -OCH3 is 1. The van der Waals surface area contributed by atoms with E-state index < -0.39 is 16.1 Å². The highest BCUT2D eigenvalue weighted by Crippen LogP contribution is 2.31. The minimum absolute atomic E-state index is 0.179. The van der Waals surface area contributed by atoms with Crippen molar-refractivity contribution in [2.24, 2.45) is 0 Å². The van der Waals surface area contributed by atoms with Gasteiger partial charge in [-0.25, -0.2) is 8.42 Å². The van der Waals surface area contributed by atoms with Crippen molar-refractivity contribution < 1.29 is 17.9 Å². The van der Waals surface area contributed by atoms with Crippen molar-refractivity contribution in [3.63, 3.8) is 0 Å². The summed E-state index contributed by atoms with van der Waals surface area (Å²) in [6.07, 6.45) is 1.15. The van der Waals surface area contributed by atoms with Crippen molar-refractivity contribution in [1.82, 2.24) is 4.31 Å². The molecule has 0 saturated carbocycles. The Morgan fingerprint density at radius 2 is 1.86 bits per heavy atom. The molecule has 0 aliphatic carbocycles. The number of anilines is 1. The maximum absolute atomic E-state index is 13.3. The molecule has 0 radical (unpaired) electrons. The molecule has 1 N–H and O–H groups in total. The van der Waals surface area contributed by atoms with Crippen LogP contribution in [0, 0.1) is 20.8 Å². The van der Waals surface area contributed by atoms with Gasteiger partial charge in [-0.15, -0.1) is 0 Å². The lowest BCUT2D eigenvalue weighted by Gasteiger charge is -2.24. The minimum atomic E-state index is -3.81. The van der Waals surface area contributed by atoms with Crippen molar-refractivity contribution in [2.75, 3.05) is 19.0 Å². The highest BCUT2D eigenvalue weighted by atomic mass is 32.2. The van der Waals surface area contributed by atoms with Crippen molar-refractivity contribution in [3.05, 3.63) is 53.1 Å². The Labute approximate surface area is 166 Å². The second kappa shape index (κ2) is 7.93. The number of nitrogens with zero attached hydrogens (tertiary/aromatic N) is 1. The van der Waals surface area contributed by atoms with Gasteiger partial charge >= 0.3 is 0 Å². The van der Waals surface area contributed by atoms with E-state index in [0.29, 0.717) is 36.4 Å². The number of hydrogen-bond donors (Lipinski definition) is 1. The number of benzene rings is 2. The van der Waals surface area contributed by atoms with E-state index >= 15 is 0 Å². The van der Waals surface area contributed by atoms with Crippen molar-refractivity contribution in [2.45, 2.75) is 44.6 Å². The maximum atomic E-state index is 13.3. The molecular formula is C21H26N2O4S. The zero-order valence-electron chi connectivity index (χ0n) is 16.7. The van der Waals surface area contributed by atoms with Crippen LogP contribution in [-0.2, 0) is 14.8 Å². The SMILES string of the molecule is COc1ccc(C)c(S(=O)(=O)N2CCCC2C(=O)Nc2ccc(C)cc2C)c1. The van der Waals surface area contributed by atoms with Gasteiger partial charge in [0.15, 0.2) is 0 Å². The van der Waals surface area contributed by atoms with E-state index in [1.807, 2.05) is 32.0 Å². The fourth-order valence-corrected chi connectivity index (χ4v) is 5.47. The molecule has 1 unspecified atom stereocenters. The number of carbonyl (C=O) groups is 1. The minimum Gasteiger partial charge on any atom is -0.497 e. The predicted molar refractivity (Wildman–Crippen MR) is 109 cm³/mol. The van der Waals surface area contributed by atoms with Gasteiger partial charge in [-0.2, -0.15) is 4.31 Å². The first-order valence-electron chi connectivity index (χ1n) is 9.28. The molecule has 1 atom stereocenters. The van der Waals surface area contributed by atoms with Crippen molar-refractivity contribution in [1.29, 1.82) is 0 Å². The average Bonchev–Trinajstić information content (AvgIpc) is 3.15. The molecule has 0 spiro atoms. The Morgan fingerprint density at radius 3 is 2.54 bits per heavy atom. The van der Waals surface area contributed by atoms with E-state index in [9.17, 15) is 13.2 Å². The summed E-state index contributed by atoms with van der Waals surface area (Å²) in [5.74, 6) is 0.174. The van der Waals surface area contributed by atoms with E-state index in [4.69, 9.17) is 4.74 Å². The highest BCUT2D eigenvalue weighted by Gasteiger charge is 2.40. The smallest absolute Gasteiger partial charge is 0.244 e. The summed E-state index contributed by atoms with van der Waals surface area (Å²) in [5, 5.41) is 2.90. The fourth-order valence-electron chi connectivity index (χ4n) is 3.57. The Bertz CT molecular complexity index is 1000. The number of nitrogens with one attached hydrogen (secondary N) is 1. The summed E-state index contributed by atoms with van der Waals surface area (Å²) >= 11 is 0. The molecule has 0 aromatic heterocycles. The Kier molecular flexibility index (Phi) is 5.76. The highest BCUT2D eigenvalue weighted by molar-refractivity contribution is 7.89. The van der Waals surface area contributed by atoms with Gasteiger partial charge in [0.2, 0.25) is 15.9 Å². The first-order chi connectivity index (χ1) is 13.2. The van der Waals surface area contributed by atoms with Crippen LogP contribution in [0.1, 0.15) is 29.5 Å². The number of amides is 1. The van der Waals surface area contributed by atoms with Crippen LogP contribution in [0.4, 0.5) is 5.69 Å². The normalized spacial score (nSPS) is 17.5. The first-order valence-corrected chi connectivity index (χ1v) is 10.7. The van der Waals surface area contributed by atoms with Crippen LogP contribution in [-0.4, -0.2) is 38.3 Å². The number of aryl methyl sites for hydroxylation is 3. The molecule has 1 aliphatic rings. The molecule has 1 saturated heterocycles. The summed E-state index contributed by atoms with van der Waals surface area (Å²) in [6, 6.07) is 9.99. The summed E-state index contributed by atoms with van der Waals surface area (Å²) in [5.41, 5.74) is 3.39. The topological polar surface area (TPSA) is 75.7 Å². The van der Waals surface area contributed by atoms with Crippen LogP contribution in [0.5, 0.6) is 5.75 Å². The number of sulfonamides is 1. The standard InChI is InChI=1S/C21H26N2O4S/c1-14-7-10-18(16(3)12-14)22-21(24)19-6-5-11-23(19)28(25,26)20-13-17(27-4)9-8-15(20)2/h7-10,12-13,19H,5-6,11H2,1-4H3,(H,22,24). The number of hydrogen-bond acceptors (Lipinski definition) is 4. The van der Waals surface area contributed by atoms with Gasteiger partial charge < -0.3 is 10.1 Å². The monoisotopic (exact) mass is 402 g/mol. The van der Waals surface area contributed by atoms with Crippen LogP contribution in [0.15, 0.2) is 41.3 Å². The molecule has 0 bridgehead atoms. The fraction of sp³-hybridized carbons (Fsp3) is 0.381. The number of carbonyl (C=O) groups excluding carboxylic acids is 1. The Morgan fingerprint density at radius 1 is 1.11 bits per heavy atom. The summed E-state index contributed by atoms with van der Waals surface area (Å²) in [4.78, 5) is 13.1. The van der Waals surface area contributed by atoms with Crippen molar-refractivity contribution >= 4 is 21.6 Å². The largest absolute Gasteiger partial charge is 0.497 e. The molecule has 7 heteroatoms. The number of ether oxygens (including phenoxy) is 1. The van der Waals surface area contributed by atoms with E-state index in [1.54, 1.807) is 19.1 Å². The molecule has 1 heterocycles. The van der Waals surface area contributed by atoms with Gasteiger partial charge in [-0.05, 0) is 56.9 Å². The van der Waals surface area contributed by atoms with Gasteiger partial charge in [-0.3, -0.25) is 4.79 Å². The molecule has 3 rings (SSSR count). The molecule has 2 aromatic rings. The second-order valence-corrected chi connectivity index (χ2v) is 9.07. The predicted octanol–water partition coefficient (Wildman–Crippen LogP) is 3.41. The molecule has 150 valence electrons. The average molecular weight is 403 g/mol. The van der Waals surface area contributed by atoms with Crippen LogP contribution in [0.2, 0.25) is 0 Å². The maximum Gasteiger partial charge on any atom is 0.244 e. The van der Waals surface area contributed by atoms with E-state index in [0.717, 1.165) is 11.1 Å². The van der Waals surface area contributed by atoms with Crippen molar-refractivity contribution in [3.8, 4) is 5.75 Å². The van der Waals surface area contributed by atoms with Crippen LogP contribution in [0.25, 0.3) is 0 Å². The third kappa shape index (κ3) is 3.91. The zero-order valence-corrected chi connectivity index (χ0v) is 17.5. The van der Waals surface area contributed by atoms with Gasteiger partial charge in [-0.1, -0.05) is 23.8 Å². The molecule has 6 nitrogen and oxygen atoms in total. The third-order valence-corrected chi connectivity index (χ3v) is 7.18. The Hall–Kier alpha value is -2.38. The quantitative estimate of drug-likeness (QED) is 0.832. The first kappa shape index (κ1) is 20.4. The van der Waals surface area contributed by atoms with Crippen LogP contribution < -0.4 is 10.1 Å². The second-order valence-electron chi connectivity index (χ2n) is 7.21. The van der Waals surface area contributed by atoms with Crippen LogP contribution in [0.3, 0.4) is 0 Å². The van der Waals surface area contributed by atoms with Gasteiger partial charge in [0.05, 0.1) is 12.0 Å². The molecular weight excluding hydrogens is 376 g/mol. The molecule has 2 aromatic carbocycles. The molecule has 1 amide bonds. The summed E-state index contributed by atoms with van der Waals surface area (Å²) < 4.78 is 33.1. The number of rotatable bonds is 5. The molecule has 28 heavy (non-hydrogen) atoms. The van der Waals surface area contributed by atoms with Crippen LogP contribution >= 0.6 is 0 Å². The lowest BCUT2D eigenvalue weighted by molar-refractivity contribution is -0.119. The van der Waals surface area contributed by atoms with E-state index in [-0.39, 0.29) is 10.8 Å². The van der Waals surface area contributed by atoms with E-state index in [2.05, 4.69) is 5.32 Å². The van der Waals surface area contributed by atoms with Gasteiger partial charge in [0.25, 0.3) is 0 Å². The summed E-state index contributed by atoms with van der Waals surface area (Å²) in [6.45, 7) is 5.98. The third-order valence-electron chi connectivity index (χ3n) is 5.13. The lowest BCUT2D eigenvalue weighted by Crippen LogP contribution is -2.43. The molecule has 1 fully saturated rings. The Balaban J connectivity index is 1.88.